The molecule has 0 fully saturated rings. The molecular weight excluding hydrogens is 336 g/mol. The summed E-state index contributed by atoms with van der Waals surface area (Å²) >= 11 is 1.61. The largest absolute Gasteiger partial charge is 0.469 e. The average molecular weight is 356 g/mol. The summed E-state index contributed by atoms with van der Waals surface area (Å²) in [4.78, 5) is 13.5. The fraction of sp³-hybridized carbons (Fsp3) is 0.278. The number of amides is 1. The lowest BCUT2D eigenvalue weighted by Gasteiger charge is -2.10. The topological polar surface area (TPSA) is 64.2 Å². The van der Waals surface area contributed by atoms with E-state index in [9.17, 15) is 4.79 Å². The number of rotatable bonds is 5. The second-order valence-electron chi connectivity index (χ2n) is 5.94. The van der Waals surface area contributed by atoms with Crippen molar-refractivity contribution < 1.29 is 9.21 Å². The minimum Gasteiger partial charge on any atom is -0.469 e. The zero-order valence-electron chi connectivity index (χ0n) is 14.7. The molecule has 0 aliphatic rings. The summed E-state index contributed by atoms with van der Waals surface area (Å²) in [6.07, 6.45) is 1.66. The third kappa shape index (κ3) is 3.61. The highest BCUT2D eigenvalue weighted by molar-refractivity contribution is 7.98. The lowest BCUT2D eigenvalue weighted by Crippen LogP contribution is -2.21. The Kier molecular flexibility index (Phi) is 4.94. The van der Waals surface area contributed by atoms with Crippen LogP contribution in [0.25, 0.3) is 11.4 Å². The Balaban J connectivity index is 1.69. The second-order valence-corrected chi connectivity index (χ2v) is 6.88. The van der Waals surface area contributed by atoms with Gasteiger partial charge in [0.15, 0.2) is 11.0 Å². The highest BCUT2D eigenvalue weighted by Gasteiger charge is 2.15. The summed E-state index contributed by atoms with van der Waals surface area (Å²) < 4.78 is 7.31. The van der Waals surface area contributed by atoms with Crippen LogP contribution in [0.15, 0.2) is 46.2 Å². The Morgan fingerprint density at radius 2 is 1.92 bits per heavy atom. The van der Waals surface area contributed by atoms with Crippen LogP contribution >= 0.6 is 11.8 Å². The van der Waals surface area contributed by atoms with Crippen molar-refractivity contribution >= 4 is 17.7 Å². The first-order chi connectivity index (χ1) is 12.0. The number of hydrogen-bond donors (Lipinski definition) is 0. The lowest BCUT2D eigenvalue weighted by molar-refractivity contribution is 0.0827. The molecule has 130 valence electrons. The molecule has 3 rings (SSSR count). The summed E-state index contributed by atoms with van der Waals surface area (Å²) in [5.74, 6) is 2.38. The number of nitrogens with zero attached hydrogens (tertiary/aromatic N) is 4. The molecule has 0 unspecified atom stereocenters. The Hall–Kier alpha value is -2.54. The molecule has 0 atom stereocenters. The van der Waals surface area contributed by atoms with Gasteiger partial charge in [-0.25, -0.2) is 0 Å². The van der Waals surface area contributed by atoms with Crippen LogP contribution in [0.3, 0.4) is 0 Å². The first-order valence-electron chi connectivity index (χ1n) is 7.84. The third-order valence-corrected chi connectivity index (χ3v) is 5.00. The molecule has 2 heterocycles. The predicted octanol–water partition coefficient (Wildman–Crippen LogP) is 3.38. The Bertz CT molecular complexity index is 881. The van der Waals surface area contributed by atoms with Crippen LogP contribution in [0.2, 0.25) is 0 Å². The minimum absolute atomic E-state index is 0.00706. The number of furan rings is 1. The van der Waals surface area contributed by atoms with Gasteiger partial charge >= 0.3 is 0 Å². The molecule has 25 heavy (non-hydrogen) atoms. The molecule has 7 heteroatoms. The second kappa shape index (κ2) is 7.14. The van der Waals surface area contributed by atoms with E-state index in [4.69, 9.17) is 4.42 Å². The predicted molar refractivity (Wildman–Crippen MR) is 97.5 cm³/mol. The maximum absolute atomic E-state index is 11.9. The monoisotopic (exact) mass is 356 g/mol. The maximum Gasteiger partial charge on any atom is 0.253 e. The van der Waals surface area contributed by atoms with E-state index in [-0.39, 0.29) is 5.91 Å². The fourth-order valence-corrected chi connectivity index (χ4v) is 3.31. The van der Waals surface area contributed by atoms with Gasteiger partial charge in [-0.2, -0.15) is 0 Å². The van der Waals surface area contributed by atoms with Gasteiger partial charge in [0.25, 0.3) is 5.91 Å². The fourth-order valence-electron chi connectivity index (χ4n) is 2.44. The van der Waals surface area contributed by atoms with Crippen molar-refractivity contribution in [2.75, 3.05) is 14.1 Å². The molecular formula is C18H20N4O2S. The van der Waals surface area contributed by atoms with Crippen LogP contribution in [0.5, 0.6) is 0 Å². The summed E-state index contributed by atoms with van der Waals surface area (Å²) in [5.41, 5.74) is 2.77. The molecule has 1 amide bonds. The number of carbonyl (C=O) groups excluding carboxylic acids is 1. The van der Waals surface area contributed by atoms with E-state index in [0.29, 0.717) is 5.56 Å². The quantitative estimate of drug-likeness (QED) is 0.656. The standard InChI is InChI=1S/C18H20N4O2S/c1-12-15(9-10-24-12)16-19-20-18(22(16)4)25-11-13-5-7-14(8-6-13)17(23)21(2)3/h5-10H,11H2,1-4H3. The number of hydrogen-bond acceptors (Lipinski definition) is 5. The normalized spacial score (nSPS) is 10.9. The zero-order chi connectivity index (χ0) is 18.0. The van der Waals surface area contributed by atoms with Crippen LogP contribution in [0, 0.1) is 6.92 Å². The van der Waals surface area contributed by atoms with Gasteiger partial charge in [0, 0.05) is 32.5 Å². The molecule has 0 bridgehead atoms. The summed E-state index contributed by atoms with van der Waals surface area (Å²) in [6, 6.07) is 9.56. The molecule has 0 spiro atoms. The summed E-state index contributed by atoms with van der Waals surface area (Å²) in [7, 11) is 5.45. The molecule has 0 saturated carbocycles. The summed E-state index contributed by atoms with van der Waals surface area (Å²) in [6.45, 7) is 1.91. The number of thioether (sulfide) groups is 1. The molecule has 0 aliphatic carbocycles. The molecule has 0 saturated heterocycles. The molecule has 6 nitrogen and oxygen atoms in total. The first-order valence-corrected chi connectivity index (χ1v) is 8.83. The first kappa shape index (κ1) is 17.3. The Labute approximate surface area is 150 Å². The van der Waals surface area contributed by atoms with Crippen LogP contribution in [0.1, 0.15) is 21.7 Å². The van der Waals surface area contributed by atoms with Gasteiger partial charge in [0.05, 0.1) is 11.8 Å². The zero-order valence-corrected chi connectivity index (χ0v) is 15.5. The van der Waals surface area contributed by atoms with E-state index >= 15 is 0 Å². The van der Waals surface area contributed by atoms with Crippen molar-refractivity contribution in [2.45, 2.75) is 17.8 Å². The van der Waals surface area contributed by atoms with E-state index in [0.717, 1.165) is 33.6 Å². The number of carbonyl (C=O) groups is 1. The van der Waals surface area contributed by atoms with Gasteiger partial charge in [-0.3, -0.25) is 4.79 Å². The van der Waals surface area contributed by atoms with E-state index in [2.05, 4.69) is 10.2 Å². The van der Waals surface area contributed by atoms with Crippen molar-refractivity contribution in [2.24, 2.45) is 7.05 Å². The van der Waals surface area contributed by atoms with Crippen LogP contribution in [-0.4, -0.2) is 39.7 Å². The van der Waals surface area contributed by atoms with Gasteiger partial charge in [0.1, 0.15) is 5.76 Å². The van der Waals surface area contributed by atoms with Gasteiger partial charge < -0.3 is 13.9 Å². The number of aromatic nitrogens is 3. The molecule has 0 radical (unpaired) electrons. The van der Waals surface area contributed by atoms with E-state index in [1.165, 1.54) is 0 Å². The van der Waals surface area contributed by atoms with Crippen molar-refractivity contribution in [1.29, 1.82) is 0 Å². The summed E-state index contributed by atoms with van der Waals surface area (Å²) in [5, 5.41) is 9.38. The van der Waals surface area contributed by atoms with Gasteiger partial charge in [-0.15, -0.1) is 10.2 Å². The highest BCUT2D eigenvalue weighted by Crippen LogP contribution is 2.27. The molecule has 0 N–H and O–H groups in total. The minimum atomic E-state index is 0.00706. The average Bonchev–Trinajstić information content (AvgIpc) is 3.18. The third-order valence-electron chi connectivity index (χ3n) is 3.91. The molecule has 1 aromatic carbocycles. The highest BCUT2D eigenvalue weighted by atomic mass is 32.2. The van der Waals surface area contributed by atoms with Gasteiger partial charge in [0.2, 0.25) is 0 Å². The van der Waals surface area contributed by atoms with Crippen LogP contribution < -0.4 is 0 Å². The van der Waals surface area contributed by atoms with Crippen molar-refractivity contribution in [3.8, 4) is 11.4 Å². The lowest BCUT2D eigenvalue weighted by atomic mass is 10.1. The smallest absolute Gasteiger partial charge is 0.253 e. The number of aryl methyl sites for hydroxylation is 1. The van der Waals surface area contributed by atoms with E-state index in [1.807, 2.05) is 48.9 Å². The molecule has 0 aliphatic heterocycles. The van der Waals surface area contributed by atoms with Gasteiger partial charge in [-0.05, 0) is 30.7 Å². The van der Waals surface area contributed by atoms with E-state index in [1.54, 1.807) is 37.0 Å². The van der Waals surface area contributed by atoms with Crippen molar-refractivity contribution in [3.63, 3.8) is 0 Å². The Morgan fingerprint density at radius 3 is 2.52 bits per heavy atom. The maximum atomic E-state index is 11.9. The van der Waals surface area contributed by atoms with Crippen LogP contribution in [0.4, 0.5) is 0 Å². The van der Waals surface area contributed by atoms with Crippen molar-refractivity contribution in [3.05, 3.63) is 53.5 Å². The van der Waals surface area contributed by atoms with Crippen LogP contribution in [-0.2, 0) is 12.8 Å². The molecule has 2 aromatic heterocycles. The van der Waals surface area contributed by atoms with Crippen molar-refractivity contribution in [1.82, 2.24) is 19.7 Å². The van der Waals surface area contributed by atoms with Gasteiger partial charge in [-0.1, -0.05) is 23.9 Å². The van der Waals surface area contributed by atoms with E-state index < -0.39 is 0 Å². The number of benzene rings is 1. The SMILES string of the molecule is Cc1occc1-c1nnc(SCc2ccc(C(=O)N(C)C)cc2)n1C. The Morgan fingerprint density at radius 1 is 1.20 bits per heavy atom. The molecule has 3 aromatic rings.